The van der Waals surface area contributed by atoms with Crippen LogP contribution in [0.2, 0.25) is 0 Å². The number of carbonyl (C=O) groups excluding carboxylic acids is 1. The van der Waals surface area contributed by atoms with E-state index in [1.54, 1.807) is 37.4 Å². The maximum atomic E-state index is 12.6. The van der Waals surface area contributed by atoms with Crippen LogP contribution in [0.25, 0.3) is 0 Å². The fourth-order valence-corrected chi connectivity index (χ4v) is 3.35. The summed E-state index contributed by atoms with van der Waals surface area (Å²) in [5.74, 6) is 0.559. The number of rotatable bonds is 6. The van der Waals surface area contributed by atoms with Gasteiger partial charge in [0.15, 0.2) is 0 Å². The molecule has 2 aromatic carbocycles. The van der Waals surface area contributed by atoms with E-state index < -0.39 is 10.0 Å². The molecule has 134 valence electrons. The Morgan fingerprint density at radius 1 is 1.04 bits per heavy atom. The van der Waals surface area contributed by atoms with Gasteiger partial charge in [0.25, 0.3) is 10.0 Å². The highest BCUT2D eigenvalue weighted by Gasteiger charge is 2.20. The lowest BCUT2D eigenvalue weighted by Crippen LogP contribution is -2.22. The predicted octanol–water partition coefficient (Wildman–Crippen LogP) is 2.49. The quantitative estimate of drug-likeness (QED) is 0.851. The highest BCUT2D eigenvalue weighted by Crippen LogP contribution is 2.30. The molecule has 1 amide bonds. The van der Waals surface area contributed by atoms with Gasteiger partial charge in [0, 0.05) is 31.4 Å². The first kappa shape index (κ1) is 18.6. The van der Waals surface area contributed by atoms with E-state index in [4.69, 9.17) is 9.47 Å². The van der Waals surface area contributed by atoms with Crippen molar-refractivity contribution < 1.29 is 22.7 Å². The molecule has 0 radical (unpaired) electrons. The highest BCUT2D eigenvalue weighted by molar-refractivity contribution is 7.92. The lowest BCUT2D eigenvalue weighted by atomic mass is 10.2. The van der Waals surface area contributed by atoms with Crippen LogP contribution in [0.15, 0.2) is 47.4 Å². The smallest absolute Gasteiger partial charge is 0.265 e. The molecule has 0 unspecified atom stereocenters. The second-order valence-electron chi connectivity index (χ2n) is 5.25. The minimum absolute atomic E-state index is 0.000676. The molecule has 0 aliphatic heterocycles. The van der Waals surface area contributed by atoms with Gasteiger partial charge in [-0.05, 0) is 36.4 Å². The predicted molar refractivity (Wildman–Crippen MR) is 95.9 cm³/mol. The van der Waals surface area contributed by atoms with Crippen molar-refractivity contribution in [3.63, 3.8) is 0 Å². The third-order valence-corrected chi connectivity index (χ3v) is 5.06. The summed E-state index contributed by atoms with van der Waals surface area (Å²) in [7, 11) is 0.677. The van der Waals surface area contributed by atoms with Gasteiger partial charge in [-0.1, -0.05) is 0 Å². The number of hydrogen-bond acceptors (Lipinski definition) is 5. The van der Waals surface area contributed by atoms with Crippen LogP contribution in [0.5, 0.6) is 11.5 Å². The lowest BCUT2D eigenvalue weighted by Gasteiger charge is -2.16. The summed E-state index contributed by atoms with van der Waals surface area (Å²) >= 11 is 0. The molecule has 0 aromatic heterocycles. The topological polar surface area (TPSA) is 84.9 Å². The van der Waals surface area contributed by atoms with E-state index >= 15 is 0 Å². The van der Waals surface area contributed by atoms with Crippen LogP contribution in [0.4, 0.5) is 11.4 Å². The Kier molecular flexibility index (Phi) is 5.53. The summed E-state index contributed by atoms with van der Waals surface area (Å²) in [6.45, 7) is 1.45. The zero-order chi connectivity index (χ0) is 18.6. The van der Waals surface area contributed by atoms with E-state index in [0.717, 1.165) is 0 Å². The standard InChI is InChI=1S/C17H20N2O5S/c1-12(20)19(2)14-7-5-13(6-8-14)18-25(21,22)17-10-9-15(23-3)11-16(17)24-4/h5-11,18H,1-4H3. The molecule has 0 bridgehead atoms. The SMILES string of the molecule is COc1ccc(S(=O)(=O)Nc2ccc(N(C)C(C)=O)cc2)c(OC)c1. The number of methoxy groups -OCH3 is 2. The Morgan fingerprint density at radius 2 is 1.68 bits per heavy atom. The third kappa shape index (κ3) is 4.21. The molecular weight excluding hydrogens is 344 g/mol. The third-order valence-electron chi connectivity index (χ3n) is 3.64. The Labute approximate surface area is 147 Å². The maximum Gasteiger partial charge on any atom is 0.265 e. The van der Waals surface area contributed by atoms with Crippen LogP contribution in [0, 0.1) is 0 Å². The molecule has 0 fully saturated rings. The largest absolute Gasteiger partial charge is 0.497 e. The molecule has 0 saturated carbocycles. The molecule has 0 aliphatic rings. The van der Waals surface area contributed by atoms with Crippen LogP contribution in [0.3, 0.4) is 0 Å². The van der Waals surface area contributed by atoms with Crippen molar-refractivity contribution in [2.45, 2.75) is 11.8 Å². The van der Waals surface area contributed by atoms with Crippen LogP contribution < -0.4 is 19.1 Å². The van der Waals surface area contributed by atoms with Crippen LogP contribution in [-0.4, -0.2) is 35.6 Å². The minimum Gasteiger partial charge on any atom is -0.497 e. The van der Waals surface area contributed by atoms with Crippen molar-refractivity contribution in [2.75, 3.05) is 30.9 Å². The first-order valence-electron chi connectivity index (χ1n) is 7.37. The highest BCUT2D eigenvalue weighted by atomic mass is 32.2. The molecule has 0 saturated heterocycles. The molecule has 8 heteroatoms. The van der Waals surface area contributed by atoms with E-state index in [1.807, 2.05) is 0 Å². The first-order valence-corrected chi connectivity index (χ1v) is 8.86. The molecule has 7 nitrogen and oxygen atoms in total. The normalized spacial score (nSPS) is 10.9. The maximum absolute atomic E-state index is 12.6. The summed E-state index contributed by atoms with van der Waals surface area (Å²) in [5, 5.41) is 0. The summed E-state index contributed by atoms with van der Waals surface area (Å²) in [5.41, 5.74) is 1.04. The van der Waals surface area contributed by atoms with E-state index in [-0.39, 0.29) is 16.6 Å². The molecule has 0 heterocycles. The monoisotopic (exact) mass is 364 g/mol. The van der Waals surface area contributed by atoms with Gasteiger partial charge >= 0.3 is 0 Å². The number of nitrogens with zero attached hydrogens (tertiary/aromatic N) is 1. The zero-order valence-electron chi connectivity index (χ0n) is 14.4. The molecular formula is C17H20N2O5S. The average Bonchev–Trinajstić information content (AvgIpc) is 2.60. The Balaban J connectivity index is 2.28. The molecule has 0 aliphatic carbocycles. The first-order chi connectivity index (χ1) is 11.8. The summed E-state index contributed by atoms with van der Waals surface area (Å²) in [6, 6.07) is 10.9. The Bertz CT molecular complexity index is 863. The van der Waals surface area contributed by atoms with Gasteiger partial charge in [-0.3, -0.25) is 9.52 Å². The number of sulfonamides is 1. The molecule has 0 spiro atoms. The number of carbonyl (C=O) groups is 1. The minimum atomic E-state index is -3.84. The fourth-order valence-electron chi connectivity index (χ4n) is 2.14. The van der Waals surface area contributed by atoms with E-state index in [0.29, 0.717) is 17.1 Å². The van der Waals surface area contributed by atoms with E-state index in [1.165, 1.54) is 38.2 Å². The second kappa shape index (κ2) is 7.43. The van der Waals surface area contributed by atoms with E-state index in [9.17, 15) is 13.2 Å². The van der Waals surface area contributed by atoms with Gasteiger partial charge in [0.2, 0.25) is 5.91 Å². The Hall–Kier alpha value is -2.74. The molecule has 2 aromatic rings. The number of amides is 1. The lowest BCUT2D eigenvalue weighted by molar-refractivity contribution is -0.116. The number of hydrogen-bond donors (Lipinski definition) is 1. The van der Waals surface area contributed by atoms with Gasteiger partial charge in [0.05, 0.1) is 14.2 Å². The molecule has 2 rings (SSSR count). The number of benzene rings is 2. The van der Waals surface area contributed by atoms with Crippen molar-refractivity contribution in [2.24, 2.45) is 0 Å². The van der Waals surface area contributed by atoms with Gasteiger partial charge in [-0.2, -0.15) is 0 Å². The van der Waals surface area contributed by atoms with Crippen molar-refractivity contribution in [1.29, 1.82) is 0 Å². The molecule has 25 heavy (non-hydrogen) atoms. The van der Waals surface area contributed by atoms with Crippen molar-refractivity contribution in [3.8, 4) is 11.5 Å². The summed E-state index contributed by atoms with van der Waals surface area (Å²) in [4.78, 5) is 12.8. The number of ether oxygens (including phenoxy) is 2. The van der Waals surface area contributed by atoms with Crippen LogP contribution in [0.1, 0.15) is 6.92 Å². The summed E-state index contributed by atoms with van der Waals surface area (Å²) < 4.78 is 37.9. The van der Waals surface area contributed by atoms with Gasteiger partial charge in [0.1, 0.15) is 16.4 Å². The van der Waals surface area contributed by atoms with Gasteiger partial charge in [-0.25, -0.2) is 8.42 Å². The van der Waals surface area contributed by atoms with Gasteiger partial charge < -0.3 is 14.4 Å². The number of nitrogens with one attached hydrogen (secondary N) is 1. The van der Waals surface area contributed by atoms with Crippen molar-refractivity contribution in [3.05, 3.63) is 42.5 Å². The average molecular weight is 364 g/mol. The van der Waals surface area contributed by atoms with Crippen LogP contribution in [-0.2, 0) is 14.8 Å². The second-order valence-corrected chi connectivity index (χ2v) is 6.90. The van der Waals surface area contributed by atoms with E-state index in [2.05, 4.69) is 4.72 Å². The number of anilines is 2. The molecule has 0 atom stereocenters. The zero-order valence-corrected chi connectivity index (χ0v) is 15.3. The van der Waals surface area contributed by atoms with Crippen LogP contribution >= 0.6 is 0 Å². The Morgan fingerprint density at radius 3 is 2.20 bits per heavy atom. The summed E-state index contributed by atoms with van der Waals surface area (Å²) in [6.07, 6.45) is 0. The van der Waals surface area contributed by atoms with Crippen molar-refractivity contribution in [1.82, 2.24) is 0 Å². The van der Waals surface area contributed by atoms with Gasteiger partial charge in [-0.15, -0.1) is 0 Å². The van der Waals surface area contributed by atoms with Crippen molar-refractivity contribution >= 4 is 27.3 Å². The molecule has 1 N–H and O–H groups in total. The fraction of sp³-hybridized carbons (Fsp3) is 0.235.